The third kappa shape index (κ3) is 7.14. The summed E-state index contributed by atoms with van der Waals surface area (Å²) in [6, 6.07) is 25.3. The smallest absolute Gasteiger partial charge is 0.338 e. The Kier molecular flexibility index (Phi) is 9.57. The van der Waals surface area contributed by atoms with Gasteiger partial charge in [-0.2, -0.15) is 5.26 Å². The second-order valence-corrected chi connectivity index (χ2v) is 12.2. The number of esters is 1. The highest BCUT2D eigenvalue weighted by molar-refractivity contribution is 8.05. The highest BCUT2D eigenvalue weighted by Crippen LogP contribution is 2.42. The van der Waals surface area contributed by atoms with E-state index in [0.717, 1.165) is 16.0 Å². The maximum Gasteiger partial charge on any atom is 0.338 e. The maximum atomic E-state index is 13.7. The van der Waals surface area contributed by atoms with Crippen molar-refractivity contribution in [2.75, 3.05) is 16.8 Å². The molecule has 0 spiro atoms. The number of para-hydroxylation sites is 1. The fourth-order valence-corrected chi connectivity index (χ4v) is 6.82. The molecule has 11 heteroatoms. The highest BCUT2D eigenvalue weighted by Gasteiger charge is 2.41. The van der Waals surface area contributed by atoms with Crippen LogP contribution < -0.4 is 10.2 Å². The average molecular weight is 629 g/mol. The summed E-state index contributed by atoms with van der Waals surface area (Å²) in [5.74, 6) is -1.32. The van der Waals surface area contributed by atoms with E-state index in [0.29, 0.717) is 34.2 Å². The molecule has 1 aromatic heterocycles. The number of anilines is 2. The predicted molar refractivity (Wildman–Crippen MR) is 169 cm³/mol. The molecule has 2 heterocycles. The van der Waals surface area contributed by atoms with E-state index in [2.05, 4.69) is 10.3 Å². The number of ether oxygens (including phenoxy) is 1. The van der Waals surface area contributed by atoms with Gasteiger partial charge in [-0.3, -0.25) is 19.8 Å². The number of carbonyl (C=O) groups excluding carboxylic acids is 3. The van der Waals surface area contributed by atoms with Gasteiger partial charge in [0.2, 0.25) is 5.91 Å². The molecule has 0 radical (unpaired) electrons. The molecule has 8 nitrogen and oxygen atoms in total. The van der Waals surface area contributed by atoms with Crippen molar-refractivity contribution in [2.45, 2.75) is 25.0 Å². The molecule has 1 aliphatic rings. The van der Waals surface area contributed by atoms with E-state index in [4.69, 9.17) is 16.3 Å². The average Bonchev–Trinajstić information content (AvgIpc) is 3.57. The number of amides is 2. The minimum atomic E-state index is -0.651. The van der Waals surface area contributed by atoms with Crippen molar-refractivity contribution in [3.05, 3.63) is 122 Å². The predicted octanol–water partition coefficient (Wildman–Crippen LogP) is 6.63. The van der Waals surface area contributed by atoms with E-state index in [9.17, 15) is 19.6 Å². The second-order valence-electron chi connectivity index (χ2n) is 9.42. The van der Waals surface area contributed by atoms with E-state index >= 15 is 0 Å². The van der Waals surface area contributed by atoms with Crippen LogP contribution in [0.5, 0.6) is 0 Å². The summed E-state index contributed by atoms with van der Waals surface area (Å²) in [5, 5.41) is 13.5. The van der Waals surface area contributed by atoms with Gasteiger partial charge in [0.25, 0.3) is 5.91 Å². The van der Waals surface area contributed by atoms with Gasteiger partial charge < -0.3 is 4.74 Å². The van der Waals surface area contributed by atoms with E-state index in [-0.39, 0.29) is 23.1 Å². The number of aromatic nitrogens is 1. The molecule has 4 aromatic rings. The van der Waals surface area contributed by atoms with Crippen LogP contribution in [0, 0.1) is 11.3 Å². The quantitative estimate of drug-likeness (QED) is 0.126. The van der Waals surface area contributed by atoms with Gasteiger partial charge in [-0.1, -0.05) is 65.8 Å². The Morgan fingerprint density at radius 1 is 1.07 bits per heavy atom. The van der Waals surface area contributed by atoms with Crippen molar-refractivity contribution in [3.63, 3.8) is 0 Å². The standard InChI is InChI=1S/C32H25ClN4O4S2/c1-2-41-31(40)22-13-11-20(12-14-22)17-27-29(39)37(24-9-4-3-5-10-24)30(43-27)26(18-34)28(38)36-32-35-19-25(42-32)16-21-7-6-8-23(33)15-21/h3-15,19,27H,2,16-17H2,1H3,(H,35,36,38)/b30-26-. The lowest BCUT2D eigenvalue weighted by atomic mass is 10.1. The Morgan fingerprint density at radius 2 is 1.84 bits per heavy atom. The van der Waals surface area contributed by atoms with Crippen molar-refractivity contribution in [3.8, 4) is 6.07 Å². The van der Waals surface area contributed by atoms with Crippen molar-refractivity contribution < 1.29 is 19.1 Å². The van der Waals surface area contributed by atoms with Crippen LogP contribution in [0.25, 0.3) is 0 Å². The molecule has 1 fully saturated rings. The summed E-state index contributed by atoms with van der Waals surface area (Å²) in [6.45, 7) is 2.02. The third-order valence-corrected chi connectivity index (χ3v) is 8.86. The number of benzene rings is 3. The number of nitrogens with one attached hydrogen (secondary N) is 1. The molecule has 0 saturated carbocycles. The first-order valence-electron chi connectivity index (χ1n) is 13.3. The van der Waals surface area contributed by atoms with Crippen LogP contribution in [-0.2, 0) is 27.2 Å². The maximum absolute atomic E-state index is 13.7. The zero-order valence-corrected chi connectivity index (χ0v) is 25.3. The number of nitrogens with zero attached hydrogens (tertiary/aromatic N) is 3. The van der Waals surface area contributed by atoms with Gasteiger partial charge in [0.05, 0.1) is 17.4 Å². The molecule has 1 atom stereocenters. The second kappa shape index (κ2) is 13.7. The number of thiazole rings is 1. The molecule has 5 rings (SSSR count). The lowest BCUT2D eigenvalue weighted by molar-refractivity contribution is -0.117. The molecule has 0 aliphatic carbocycles. The summed E-state index contributed by atoms with van der Waals surface area (Å²) in [7, 11) is 0. The van der Waals surface area contributed by atoms with Gasteiger partial charge in [0, 0.05) is 28.2 Å². The molecule has 1 N–H and O–H groups in total. The van der Waals surface area contributed by atoms with Crippen LogP contribution in [0.15, 0.2) is 95.7 Å². The van der Waals surface area contributed by atoms with Crippen LogP contribution in [0.1, 0.15) is 33.3 Å². The lowest BCUT2D eigenvalue weighted by Crippen LogP contribution is -2.30. The summed E-state index contributed by atoms with van der Waals surface area (Å²) >= 11 is 8.56. The Morgan fingerprint density at radius 3 is 2.53 bits per heavy atom. The third-order valence-electron chi connectivity index (χ3n) is 6.45. The number of thioether (sulfide) groups is 1. The summed E-state index contributed by atoms with van der Waals surface area (Å²) in [6.07, 6.45) is 2.60. The summed E-state index contributed by atoms with van der Waals surface area (Å²) in [4.78, 5) is 45.8. The molecule has 216 valence electrons. The largest absolute Gasteiger partial charge is 0.462 e. The molecule has 1 aliphatic heterocycles. The Labute approximate surface area is 262 Å². The molecule has 3 aromatic carbocycles. The van der Waals surface area contributed by atoms with Crippen LogP contribution in [0.2, 0.25) is 5.02 Å². The monoisotopic (exact) mass is 628 g/mol. The molecule has 43 heavy (non-hydrogen) atoms. The summed E-state index contributed by atoms with van der Waals surface area (Å²) < 4.78 is 5.04. The normalized spacial score (nSPS) is 15.6. The van der Waals surface area contributed by atoms with Crippen LogP contribution in [-0.4, -0.2) is 34.6 Å². The number of hydrogen-bond acceptors (Lipinski definition) is 8. The minimum absolute atomic E-state index is 0.186. The van der Waals surface area contributed by atoms with Gasteiger partial charge in [0.15, 0.2) is 5.13 Å². The van der Waals surface area contributed by atoms with Gasteiger partial charge in [-0.15, -0.1) is 11.3 Å². The molecule has 1 saturated heterocycles. The number of hydrogen-bond donors (Lipinski definition) is 1. The topological polar surface area (TPSA) is 112 Å². The van der Waals surface area contributed by atoms with E-state index in [1.54, 1.807) is 67.7 Å². The molecule has 2 amide bonds. The van der Waals surface area contributed by atoms with E-state index in [1.165, 1.54) is 28.0 Å². The lowest BCUT2D eigenvalue weighted by Gasteiger charge is -2.18. The summed E-state index contributed by atoms with van der Waals surface area (Å²) in [5.41, 5.74) is 2.62. The Hall–Kier alpha value is -4.43. The zero-order valence-electron chi connectivity index (χ0n) is 23.0. The van der Waals surface area contributed by atoms with Gasteiger partial charge >= 0.3 is 5.97 Å². The Balaban J connectivity index is 1.38. The SMILES string of the molecule is CCOC(=O)c1ccc(CC2S/C(=C(/C#N)C(=O)Nc3ncc(Cc4cccc(Cl)c4)s3)N(c3ccccc3)C2=O)cc1. The number of halogens is 1. The van der Waals surface area contributed by atoms with Crippen molar-refractivity contribution in [1.29, 1.82) is 5.26 Å². The van der Waals surface area contributed by atoms with Crippen LogP contribution in [0.4, 0.5) is 10.8 Å². The number of rotatable bonds is 9. The molecular formula is C32H25ClN4O4S2. The first kappa shape index (κ1) is 30.0. The molecule has 1 unspecified atom stereocenters. The van der Waals surface area contributed by atoms with Gasteiger partial charge in [-0.05, 0) is 60.9 Å². The first-order valence-corrected chi connectivity index (χ1v) is 15.4. The Bertz CT molecular complexity index is 1730. The van der Waals surface area contributed by atoms with Gasteiger partial charge in [0.1, 0.15) is 16.7 Å². The molecule has 0 bridgehead atoms. The van der Waals surface area contributed by atoms with E-state index < -0.39 is 17.1 Å². The van der Waals surface area contributed by atoms with Gasteiger partial charge in [-0.25, -0.2) is 9.78 Å². The minimum Gasteiger partial charge on any atom is -0.462 e. The fraction of sp³-hybridized carbons (Fsp3) is 0.156. The number of carbonyl (C=O) groups is 3. The highest BCUT2D eigenvalue weighted by atomic mass is 35.5. The fourth-order valence-electron chi connectivity index (χ4n) is 4.46. The first-order chi connectivity index (χ1) is 20.9. The van der Waals surface area contributed by atoms with E-state index in [1.807, 2.05) is 30.3 Å². The van der Waals surface area contributed by atoms with Crippen molar-refractivity contribution in [1.82, 2.24) is 4.98 Å². The van der Waals surface area contributed by atoms with Crippen LogP contribution >= 0.6 is 34.7 Å². The van der Waals surface area contributed by atoms with Crippen molar-refractivity contribution in [2.24, 2.45) is 0 Å². The van der Waals surface area contributed by atoms with Crippen molar-refractivity contribution >= 4 is 63.3 Å². The number of nitriles is 1. The zero-order chi connectivity index (χ0) is 30.3. The van der Waals surface area contributed by atoms with Crippen LogP contribution in [0.3, 0.4) is 0 Å². The molecular weight excluding hydrogens is 604 g/mol.